The number of fused-ring (bicyclic) bond motifs is 1. The summed E-state index contributed by atoms with van der Waals surface area (Å²) in [7, 11) is 2.07. The lowest BCUT2D eigenvalue weighted by Gasteiger charge is -2.29. The molecule has 1 aromatic heterocycles. The van der Waals surface area contributed by atoms with Gasteiger partial charge in [-0.25, -0.2) is 9.97 Å². The van der Waals surface area contributed by atoms with Crippen LogP contribution >= 0.6 is 11.8 Å². The molecule has 0 fully saturated rings. The van der Waals surface area contributed by atoms with Crippen LogP contribution in [0.3, 0.4) is 0 Å². The molecule has 23 heavy (non-hydrogen) atoms. The molecule has 3 rings (SSSR count). The topological polar surface area (TPSA) is 47.5 Å². The Labute approximate surface area is 141 Å². The van der Waals surface area contributed by atoms with Crippen molar-refractivity contribution in [2.75, 3.05) is 26.0 Å². The maximum Gasteiger partial charge on any atom is 0.187 e. The molecule has 6 heteroatoms. The third-order valence-corrected chi connectivity index (χ3v) is 4.25. The zero-order chi connectivity index (χ0) is 16.1. The number of rotatable bonds is 6. The van der Waals surface area contributed by atoms with Crippen molar-refractivity contribution in [2.45, 2.75) is 24.7 Å². The van der Waals surface area contributed by atoms with Gasteiger partial charge in [-0.3, -0.25) is 4.90 Å². The van der Waals surface area contributed by atoms with Gasteiger partial charge in [0.05, 0.1) is 0 Å². The second kappa shape index (κ2) is 7.66. The van der Waals surface area contributed by atoms with Crippen molar-refractivity contribution in [1.29, 1.82) is 0 Å². The predicted molar refractivity (Wildman–Crippen MR) is 91.1 cm³/mol. The van der Waals surface area contributed by atoms with Crippen molar-refractivity contribution in [3.63, 3.8) is 0 Å². The molecule has 0 saturated heterocycles. The summed E-state index contributed by atoms with van der Waals surface area (Å²) in [4.78, 5) is 10.9. The van der Waals surface area contributed by atoms with Crippen LogP contribution in [-0.4, -0.2) is 46.9 Å². The number of para-hydroxylation sites is 2. The van der Waals surface area contributed by atoms with Crippen molar-refractivity contribution in [3.05, 3.63) is 42.2 Å². The lowest BCUT2D eigenvalue weighted by atomic mass is 10.2. The van der Waals surface area contributed by atoms with E-state index in [2.05, 4.69) is 28.8 Å². The molecular formula is C17H21N3O2S. The van der Waals surface area contributed by atoms with E-state index in [-0.39, 0.29) is 6.10 Å². The maximum atomic E-state index is 5.99. The summed E-state index contributed by atoms with van der Waals surface area (Å²) < 4.78 is 11.7. The molecule has 0 spiro atoms. The van der Waals surface area contributed by atoms with Gasteiger partial charge in [0.1, 0.15) is 12.7 Å². The van der Waals surface area contributed by atoms with Crippen LogP contribution in [0.2, 0.25) is 0 Å². The Morgan fingerprint density at radius 3 is 2.70 bits per heavy atom. The summed E-state index contributed by atoms with van der Waals surface area (Å²) in [5.41, 5.74) is 1.10. The molecule has 122 valence electrons. The Morgan fingerprint density at radius 1 is 1.22 bits per heavy atom. The fraction of sp³-hybridized carbons (Fsp3) is 0.412. The molecular weight excluding hydrogens is 310 g/mol. The zero-order valence-electron chi connectivity index (χ0n) is 13.4. The lowest BCUT2D eigenvalue weighted by Crippen LogP contribution is -2.39. The van der Waals surface area contributed by atoms with E-state index in [1.54, 1.807) is 11.8 Å². The van der Waals surface area contributed by atoms with Crippen LogP contribution in [0.1, 0.15) is 12.5 Å². The number of benzene rings is 1. The highest BCUT2D eigenvalue weighted by Crippen LogP contribution is 2.31. The number of ether oxygens (including phenoxy) is 2. The van der Waals surface area contributed by atoms with Crippen LogP contribution in [-0.2, 0) is 6.54 Å². The van der Waals surface area contributed by atoms with Gasteiger partial charge < -0.3 is 9.47 Å². The zero-order valence-corrected chi connectivity index (χ0v) is 14.3. The highest BCUT2D eigenvalue weighted by Gasteiger charge is 2.21. The monoisotopic (exact) mass is 331 g/mol. The van der Waals surface area contributed by atoms with Gasteiger partial charge in [-0.05, 0) is 24.9 Å². The third kappa shape index (κ3) is 4.36. The van der Waals surface area contributed by atoms with Crippen molar-refractivity contribution in [1.82, 2.24) is 14.9 Å². The number of hydrogen-bond donors (Lipinski definition) is 0. The Morgan fingerprint density at radius 2 is 1.96 bits per heavy atom. The molecule has 0 radical (unpaired) electrons. The Bertz CT molecular complexity index is 636. The minimum atomic E-state index is 0.0331. The number of hydrogen-bond acceptors (Lipinski definition) is 6. The Hall–Kier alpha value is -1.79. The summed E-state index contributed by atoms with van der Waals surface area (Å²) in [6, 6.07) is 7.79. The van der Waals surface area contributed by atoms with Gasteiger partial charge in [-0.1, -0.05) is 30.8 Å². The molecule has 1 aliphatic rings. The minimum Gasteiger partial charge on any atom is -0.486 e. The highest BCUT2D eigenvalue weighted by atomic mass is 32.2. The van der Waals surface area contributed by atoms with Crippen LogP contribution in [0.4, 0.5) is 0 Å². The van der Waals surface area contributed by atoms with E-state index in [1.165, 1.54) is 0 Å². The molecule has 1 aromatic carbocycles. The van der Waals surface area contributed by atoms with Gasteiger partial charge in [0.2, 0.25) is 0 Å². The summed E-state index contributed by atoms with van der Waals surface area (Å²) >= 11 is 1.65. The molecule has 0 N–H and O–H groups in total. The molecule has 1 atom stereocenters. The SMILES string of the molecule is CCSc1ncc(CN(C)C[C@H]2COc3ccccc3O2)cn1. The molecule has 0 unspecified atom stereocenters. The van der Waals surface area contributed by atoms with Crippen molar-refractivity contribution >= 4 is 11.8 Å². The van der Waals surface area contributed by atoms with E-state index in [1.807, 2.05) is 36.7 Å². The molecule has 0 saturated carbocycles. The van der Waals surface area contributed by atoms with E-state index >= 15 is 0 Å². The van der Waals surface area contributed by atoms with Crippen molar-refractivity contribution in [3.8, 4) is 11.5 Å². The summed E-state index contributed by atoms with van der Waals surface area (Å²) in [6.45, 7) is 4.25. The van der Waals surface area contributed by atoms with Gasteiger partial charge in [-0.2, -0.15) is 0 Å². The Balaban J connectivity index is 1.52. The Kier molecular flexibility index (Phi) is 5.35. The molecule has 0 bridgehead atoms. The van der Waals surface area contributed by atoms with E-state index in [9.17, 15) is 0 Å². The molecule has 1 aliphatic heterocycles. The van der Waals surface area contributed by atoms with Gasteiger partial charge in [0.25, 0.3) is 0 Å². The van der Waals surface area contributed by atoms with Crippen LogP contribution in [0.15, 0.2) is 41.8 Å². The largest absolute Gasteiger partial charge is 0.486 e. The predicted octanol–water partition coefficient (Wildman–Crippen LogP) is 2.86. The quantitative estimate of drug-likeness (QED) is 0.599. The van der Waals surface area contributed by atoms with Crippen molar-refractivity contribution < 1.29 is 9.47 Å². The van der Waals surface area contributed by atoms with E-state index in [0.29, 0.717) is 6.61 Å². The first-order chi connectivity index (χ1) is 11.2. The smallest absolute Gasteiger partial charge is 0.187 e. The maximum absolute atomic E-state index is 5.99. The third-order valence-electron chi connectivity index (χ3n) is 3.49. The molecule has 5 nitrogen and oxygen atoms in total. The molecule has 2 aromatic rings. The highest BCUT2D eigenvalue weighted by molar-refractivity contribution is 7.99. The lowest BCUT2D eigenvalue weighted by molar-refractivity contribution is 0.0637. The first kappa shape index (κ1) is 16.1. The average molecular weight is 331 g/mol. The summed E-state index contributed by atoms with van der Waals surface area (Å²) in [5.74, 6) is 2.63. The normalized spacial score (nSPS) is 16.6. The van der Waals surface area contributed by atoms with E-state index in [4.69, 9.17) is 9.47 Å². The number of nitrogens with zero attached hydrogens (tertiary/aromatic N) is 3. The molecule has 2 heterocycles. The van der Waals surface area contributed by atoms with Gasteiger partial charge in [-0.15, -0.1) is 0 Å². The van der Waals surface area contributed by atoms with Crippen molar-refractivity contribution in [2.24, 2.45) is 0 Å². The minimum absolute atomic E-state index is 0.0331. The van der Waals surface area contributed by atoms with E-state index in [0.717, 1.165) is 41.1 Å². The second-order valence-electron chi connectivity index (χ2n) is 5.50. The van der Waals surface area contributed by atoms with Crippen LogP contribution in [0.5, 0.6) is 11.5 Å². The molecule has 0 amide bonds. The number of likely N-dealkylation sites (N-methyl/N-ethyl adjacent to an activating group) is 1. The standard InChI is InChI=1S/C17H21N3O2S/c1-3-23-17-18-8-13(9-19-17)10-20(2)11-14-12-21-15-6-4-5-7-16(15)22-14/h4-9,14H,3,10-12H2,1-2H3/t14-/m0/s1. The fourth-order valence-corrected chi connectivity index (χ4v) is 3.02. The molecule has 0 aliphatic carbocycles. The number of thioether (sulfide) groups is 1. The van der Waals surface area contributed by atoms with Gasteiger partial charge in [0.15, 0.2) is 16.7 Å². The summed E-state index contributed by atoms with van der Waals surface area (Å²) in [5, 5.41) is 0.833. The van der Waals surface area contributed by atoms with E-state index < -0.39 is 0 Å². The first-order valence-electron chi connectivity index (χ1n) is 7.75. The van der Waals surface area contributed by atoms with Crippen LogP contribution in [0.25, 0.3) is 0 Å². The fourth-order valence-electron chi connectivity index (χ4n) is 2.51. The van der Waals surface area contributed by atoms with Crippen LogP contribution < -0.4 is 9.47 Å². The van der Waals surface area contributed by atoms with Crippen LogP contribution in [0, 0.1) is 0 Å². The number of aromatic nitrogens is 2. The first-order valence-corrected chi connectivity index (χ1v) is 8.74. The summed E-state index contributed by atoms with van der Waals surface area (Å²) in [6.07, 6.45) is 3.83. The second-order valence-corrected chi connectivity index (χ2v) is 6.73. The average Bonchev–Trinajstić information content (AvgIpc) is 2.57. The van der Waals surface area contributed by atoms with Gasteiger partial charge >= 0.3 is 0 Å². The van der Waals surface area contributed by atoms with Gasteiger partial charge in [0, 0.05) is 31.0 Å².